The quantitative estimate of drug-likeness (QED) is 0.342. The van der Waals surface area contributed by atoms with Crippen molar-refractivity contribution in [3.8, 4) is 11.1 Å². The number of aromatic nitrogens is 2. The van der Waals surface area contributed by atoms with Crippen LogP contribution in [0, 0.1) is 5.82 Å². The van der Waals surface area contributed by atoms with Crippen molar-refractivity contribution in [2.75, 3.05) is 18.8 Å². The van der Waals surface area contributed by atoms with Crippen molar-refractivity contribution in [1.82, 2.24) is 14.9 Å². The second kappa shape index (κ2) is 8.99. The highest BCUT2D eigenvalue weighted by molar-refractivity contribution is 7.99. The molecule has 28 heavy (non-hydrogen) atoms. The number of thiophene rings is 1. The number of benzene rings is 1. The van der Waals surface area contributed by atoms with Crippen LogP contribution in [0.5, 0.6) is 0 Å². The lowest BCUT2D eigenvalue weighted by Gasteiger charge is -2.18. The monoisotopic (exact) mass is 415 g/mol. The molecule has 2 heterocycles. The number of hydrogen-bond donors (Lipinski definition) is 1. The summed E-state index contributed by atoms with van der Waals surface area (Å²) in [6, 6.07) is 5.97. The van der Waals surface area contributed by atoms with Crippen LogP contribution >= 0.6 is 23.1 Å². The molecule has 0 atom stereocenters. The van der Waals surface area contributed by atoms with Gasteiger partial charge in [0.1, 0.15) is 10.6 Å². The molecular formula is C20H18FN3O2S2. The Bertz CT molecular complexity index is 1060. The number of hydrogen-bond acceptors (Lipinski definition) is 5. The molecule has 1 amide bonds. The minimum Gasteiger partial charge on any atom is -0.335 e. The Balaban J connectivity index is 1.82. The smallest absolute Gasteiger partial charge is 0.260 e. The number of halogens is 1. The average Bonchev–Trinajstić information content (AvgIpc) is 3.11. The third-order valence-electron chi connectivity index (χ3n) is 3.96. The number of fused-ring (bicyclic) bond motifs is 1. The molecular weight excluding hydrogens is 397 g/mol. The number of nitrogens with zero attached hydrogens (tertiary/aromatic N) is 2. The molecule has 0 spiro atoms. The first-order valence-electron chi connectivity index (χ1n) is 8.43. The predicted molar refractivity (Wildman–Crippen MR) is 113 cm³/mol. The zero-order chi connectivity index (χ0) is 20.1. The van der Waals surface area contributed by atoms with Gasteiger partial charge in [-0.05, 0) is 17.7 Å². The third-order valence-corrected chi connectivity index (χ3v) is 5.69. The van der Waals surface area contributed by atoms with Gasteiger partial charge in [0.05, 0.1) is 11.1 Å². The number of H-pyrrole nitrogens is 1. The van der Waals surface area contributed by atoms with Crippen molar-refractivity contribution in [1.29, 1.82) is 0 Å². The van der Waals surface area contributed by atoms with Gasteiger partial charge in [-0.25, -0.2) is 9.37 Å². The van der Waals surface area contributed by atoms with Crippen molar-refractivity contribution in [2.45, 2.75) is 5.16 Å². The van der Waals surface area contributed by atoms with Gasteiger partial charge in [0, 0.05) is 24.0 Å². The fourth-order valence-electron chi connectivity index (χ4n) is 2.65. The molecule has 0 fully saturated rings. The molecule has 0 unspecified atom stereocenters. The highest BCUT2D eigenvalue weighted by Gasteiger charge is 2.15. The average molecular weight is 416 g/mol. The maximum atomic E-state index is 13.2. The van der Waals surface area contributed by atoms with Crippen LogP contribution in [0.2, 0.25) is 0 Å². The zero-order valence-corrected chi connectivity index (χ0v) is 16.6. The summed E-state index contributed by atoms with van der Waals surface area (Å²) in [5, 5.41) is 2.68. The van der Waals surface area contributed by atoms with Crippen LogP contribution < -0.4 is 5.56 Å². The predicted octanol–water partition coefficient (Wildman–Crippen LogP) is 4.08. The second-order valence-electron chi connectivity index (χ2n) is 5.87. The number of carbonyl (C=O) groups is 1. The Labute approximate surface area is 169 Å². The fourth-order valence-corrected chi connectivity index (χ4v) is 4.42. The lowest BCUT2D eigenvalue weighted by atomic mass is 10.1. The molecule has 0 radical (unpaired) electrons. The Morgan fingerprint density at radius 1 is 1.25 bits per heavy atom. The summed E-state index contributed by atoms with van der Waals surface area (Å²) in [7, 11) is 0. The summed E-state index contributed by atoms with van der Waals surface area (Å²) in [4.78, 5) is 34.3. The van der Waals surface area contributed by atoms with Gasteiger partial charge in [-0.1, -0.05) is 36.0 Å². The van der Waals surface area contributed by atoms with E-state index in [-0.39, 0.29) is 23.0 Å². The maximum absolute atomic E-state index is 13.2. The Morgan fingerprint density at radius 3 is 2.57 bits per heavy atom. The van der Waals surface area contributed by atoms with E-state index < -0.39 is 0 Å². The molecule has 3 rings (SSSR count). The van der Waals surface area contributed by atoms with Crippen LogP contribution in [0.15, 0.2) is 64.9 Å². The summed E-state index contributed by atoms with van der Waals surface area (Å²) >= 11 is 2.51. The standard InChI is InChI=1S/C20H18FN3O2S2/c1-3-9-24(10-4-2)16(25)12-28-20-22-18(26)17-15(11-27-19(17)23-20)13-5-7-14(21)8-6-13/h3-8,11H,1-2,9-10,12H2,(H,22,23,26). The minimum absolute atomic E-state index is 0.0919. The summed E-state index contributed by atoms with van der Waals surface area (Å²) in [5.74, 6) is -0.280. The molecule has 3 aromatic rings. The summed E-state index contributed by atoms with van der Waals surface area (Å²) < 4.78 is 13.2. The van der Waals surface area contributed by atoms with Crippen LogP contribution in [0.4, 0.5) is 4.39 Å². The van der Waals surface area contributed by atoms with E-state index in [1.807, 2.05) is 5.38 Å². The molecule has 5 nitrogen and oxygen atoms in total. The van der Waals surface area contributed by atoms with Gasteiger partial charge in [-0.3, -0.25) is 9.59 Å². The van der Waals surface area contributed by atoms with Gasteiger partial charge in [0.15, 0.2) is 5.16 Å². The van der Waals surface area contributed by atoms with Crippen molar-refractivity contribution < 1.29 is 9.18 Å². The highest BCUT2D eigenvalue weighted by atomic mass is 32.2. The number of nitrogens with one attached hydrogen (secondary N) is 1. The summed E-state index contributed by atoms with van der Waals surface area (Å²) in [6.45, 7) is 8.16. The first-order valence-corrected chi connectivity index (χ1v) is 10.3. The SMILES string of the molecule is C=CCN(CC=C)C(=O)CSc1nc2scc(-c3ccc(F)cc3)c2c(=O)[nH]1. The molecule has 0 saturated heterocycles. The van der Waals surface area contributed by atoms with Crippen LogP contribution in [-0.2, 0) is 4.79 Å². The molecule has 8 heteroatoms. The Morgan fingerprint density at radius 2 is 1.93 bits per heavy atom. The van der Waals surface area contributed by atoms with E-state index in [2.05, 4.69) is 23.1 Å². The van der Waals surface area contributed by atoms with Crippen molar-refractivity contribution >= 4 is 39.2 Å². The molecule has 1 N–H and O–H groups in total. The van der Waals surface area contributed by atoms with Crippen LogP contribution in [0.1, 0.15) is 0 Å². The lowest BCUT2D eigenvalue weighted by Crippen LogP contribution is -2.32. The molecule has 2 aromatic heterocycles. The van der Waals surface area contributed by atoms with Crippen molar-refractivity contribution in [3.05, 3.63) is 71.1 Å². The first kappa shape index (κ1) is 20.0. The van der Waals surface area contributed by atoms with E-state index in [4.69, 9.17) is 0 Å². The van der Waals surface area contributed by atoms with E-state index in [9.17, 15) is 14.0 Å². The Hall–Kier alpha value is -2.71. The lowest BCUT2D eigenvalue weighted by molar-refractivity contribution is -0.127. The van der Waals surface area contributed by atoms with E-state index in [0.717, 1.165) is 5.56 Å². The van der Waals surface area contributed by atoms with E-state index in [1.54, 1.807) is 29.2 Å². The summed E-state index contributed by atoms with van der Waals surface area (Å²) in [6.07, 6.45) is 3.31. The van der Waals surface area contributed by atoms with Gasteiger partial charge in [-0.2, -0.15) is 0 Å². The van der Waals surface area contributed by atoms with Crippen LogP contribution in [-0.4, -0.2) is 39.6 Å². The van der Waals surface area contributed by atoms with E-state index >= 15 is 0 Å². The molecule has 0 aliphatic rings. The number of thioether (sulfide) groups is 1. The molecule has 144 valence electrons. The van der Waals surface area contributed by atoms with Crippen LogP contribution in [0.3, 0.4) is 0 Å². The summed E-state index contributed by atoms with van der Waals surface area (Å²) in [5.41, 5.74) is 1.18. The van der Waals surface area contributed by atoms with Gasteiger partial charge in [0.2, 0.25) is 5.91 Å². The fraction of sp³-hybridized carbons (Fsp3) is 0.150. The largest absolute Gasteiger partial charge is 0.335 e. The minimum atomic E-state index is -0.333. The molecule has 0 aliphatic heterocycles. The van der Waals surface area contributed by atoms with E-state index in [1.165, 1.54) is 35.2 Å². The van der Waals surface area contributed by atoms with Crippen LogP contribution in [0.25, 0.3) is 21.3 Å². The number of carbonyl (C=O) groups excluding carboxylic acids is 1. The van der Waals surface area contributed by atoms with Gasteiger partial charge in [-0.15, -0.1) is 24.5 Å². The van der Waals surface area contributed by atoms with Gasteiger partial charge < -0.3 is 9.88 Å². The zero-order valence-electron chi connectivity index (χ0n) is 15.0. The maximum Gasteiger partial charge on any atom is 0.260 e. The van der Waals surface area contributed by atoms with Gasteiger partial charge in [0.25, 0.3) is 5.56 Å². The first-order chi connectivity index (χ1) is 13.5. The van der Waals surface area contributed by atoms with Crippen molar-refractivity contribution in [3.63, 3.8) is 0 Å². The second-order valence-corrected chi connectivity index (χ2v) is 7.69. The molecule has 0 bridgehead atoms. The normalized spacial score (nSPS) is 10.8. The Kier molecular flexibility index (Phi) is 6.43. The molecule has 0 saturated carbocycles. The van der Waals surface area contributed by atoms with Crippen molar-refractivity contribution in [2.24, 2.45) is 0 Å². The highest BCUT2D eigenvalue weighted by Crippen LogP contribution is 2.31. The molecule has 0 aliphatic carbocycles. The molecule has 1 aromatic carbocycles. The number of amides is 1. The number of rotatable bonds is 8. The topological polar surface area (TPSA) is 66.1 Å². The van der Waals surface area contributed by atoms with Gasteiger partial charge >= 0.3 is 0 Å². The van der Waals surface area contributed by atoms with E-state index in [0.29, 0.717) is 34.0 Å². The number of aromatic amines is 1. The third kappa shape index (κ3) is 4.40.